The Kier molecular flexibility index (Phi) is 7.63. The van der Waals surface area contributed by atoms with Crippen LogP contribution in [0.5, 0.6) is 0 Å². The summed E-state index contributed by atoms with van der Waals surface area (Å²) in [4.78, 5) is 26.1. The minimum Gasteiger partial charge on any atom is -0.354 e. The highest BCUT2D eigenvalue weighted by Crippen LogP contribution is 2.16. The first-order valence-corrected chi connectivity index (χ1v) is 8.87. The molecule has 26 heavy (non-hydrogen) atoms. The van der Waals surface area contributed by atoms with Crippen molar-refractivity contribution in [1.82, 2.24) is 15.5 Å². The lowest BCUT2D eigenvalue weighted by Gasteiger charge is -2.25. The highest BCUT2D eigenvalue weighted by atomic mass is 35.5. The zero-order valence-electron chi connectivity index (χ0n) is 15.0. The van der Waals surface area contributed by atoms with Crippen LogP contribution in [0.15, 0.2) is 54.6 Å². The number of carbonyl (C=O) groups is 2. The van der Waals surface area contributed by atoms with Crippen LogP contribution in [-0.4, -0.2) is 43.9 Å². The number of hydrogen-bond acceptors (Lipinski definition) is 3. The molecule has 6 heteroatoms. The van der Waals surface area contributed by atoms with E-state index in [1.807, 2.05) is 44.4 Å². The van der Waals surface area contributed by atoms with Crippen molar-refractivity contribution < 1.29 is 9.59 Å². The first-order chi connectivity index (χ1) is 12.5. The third-order valence-corrected chi connectivity index (χ3v) is 4.30. The predicted octanol–water partition coefficient (Wildman–Crippen LogP) is 2.88. The molecule has 0 aliphatic rings. The van der Waals surface area contributed by atoms with Gasteiger partial charge in [-0.05, 0) is 43.9 Å². The number of hydrogen-bond donors (Lipinski definition) is 2. The molecule has 138 valence electrons. The van der Waals surface area contributed by atoms with Crippen molar-refractivity contribution in [3.8, 4) is 0 Å². The zero-order valence-corrected chi connectivity index (χ0v) is 15.8. The van der Waals surface area contributed by atoms with Crippen LogP contribution < -0.4 is 10.6 Å². The van der Waals surface area contributed by atoms with Gasteiger partial charge in [-0.25, -0.2) is 0 Å². The lowest BCUT2D eigenvalue weighted by Crippen LogP contribution is -2.36. The quantitative estimate of drug-likeness (QED) is 0.748. The average Bonchev–Trinajstić information content (AvgIpc) is 2.63. The summed E-state index contributed by atoms with van der Waals surface area (Å²) in [6, 6.07) is 16.8. The van der Waals surface area contributed by atoms with E-state index in [0.29, 0.717) is 17.1 Å². The minimum absolute atomic E-state index is 0.0933. The normalized spacial score (nSPS) is 11.8. The highest BCUT2D eigenvalue weighted by molar-refractivity contribution is 6.30. The molecule has 0 heterocycles. The third-order valence-electron chi connectivity index (χ3n) is 4.04. The Bertz CT molecular complexity index is 718. The number of likely N-dealkylation sites (N-methyl/N-ethyl adjacent to an activating group) is 1. The van der Waals surface area contributed by atoms with Crippen LogP contribution in [0.2, 0.25) is 5.02 Å². The summed E-state index contributed by atoms with van der Waals surface area (Å²) in [6.45, 7) is 0.798. The molecular formula is C20H24ClN3O2. The van der Waals surface area contributed by atoms with E-state index >= 15 is 0 Å². The maximum absolute atomic E-state index is 12.1. The predicted molar refractivity (Wildman–Crippen MR) is 104 cm³/mol. The molecule has 2 amide bonds. The fourth-order valence-corrected chi connectivity index (χ4v) is 2.69. The van der Waals surface area contributed by atoms with E-state index in [2.05, 4.69) is 15.5 Å². The molecule has 2 aromatic rings. The van der Waals surface area contributed by atoms with Crippen LogP contribution >= 0.6 is 11.6 Å². The Morgan fingerprint density at radius 3 is 2.27 bits per heavy atom. The minimum atomic E-state index is -0.218. The molecule has 0 saturated carbocycles. The monoisotopic (exact) mass is 373 g/mol. The summed E-state index contributed by atoms with van der Waals surface area (Å²) in [5.41, 5.74) is 1.67. The van der Waals surface area contributed by atoms with Gasteiger partial charge in [-0.15, -0.1) is 0 Å². The molecule has 2 N–H and O–H groups in total. The standard InChI is InChI=1S/C20H24ClN3O2/c1-24(2)18(15-6-4-3-5-7-15)14-23-19(25)12-13-22-20(26)16-8-10-17(21)11-9-16/h3-11,18H,12-14H2,1-2H3,(H,22,26)(H,23,25)/t18-/m1/s1. The van der Waals surface area contributed by atoms with E-state index in [4.69, 9.17) is 11.6 Å². The molecule has 0 aliphatic carbocycles. The summed E-state index contributed by atoms with van der Waals surface area (Å²) < 4.78 is 0. The van der Waals surface area contributed by atoms with Gasteiger partial charge in [0.25, 0.3) is 5.91 Å². The second kappa shape index (κ2) is 9.94. The summed E-state index contributed by atoms with van der Waals surface area (Å²) in [5, 5.41) is 6.25. The SMILES string of the molecule is CN(C)[C@H](CNC(=O)CCNC(=O)c1ccc(Cl)cc1)c1ccccc1. The lowest BCUT2D eigenvalue weighted by atomic mass is 10.1. The Labute approximate surface area is 159 Å². The second-order valence-electron chi connectivity index (χ2n) is 6.21. The first kappa shape index (κ1) is 19.9. The number of benzene rings is 2. The fourth-order valence-electron chi connectivity index (χ4n) is 2.57. The molecule has 0 bridgehead atoms. The first-order valence-electron chi connectivity index (χ1n) is 8.49. The van der Waals surface area contributed by atoms with Gasteiger partial charge in [0.05, 0.1) is 6.04 Å². The van der Waals surface area contributed by atoms with Crippen molar-refractivity contribution in [3.05, 3.63) is 70.7 Å². The molecule has 0 radical (unpaired) electrons. The molecule has 2 aromatic carbocycles. The summed E-state index contributed by atoms with van der Waals surface area (Å²) >= 11 is 5.80. The summed E-state index contributed by atoms with van der Waals surface area (Å²) in [5.74, 6) is -0.311. The fraction of sp³-hybridized carbons (Fsp3) is 0.300. The number of halogens is 1. The van der Waals surface area contributed by atoms with Gasteiger partial charge in [0, 0.05) is 30.1 Å². The van der Waals surface area contributed by atoms with Crippen molar-refractivity contribution in [2.45, 2.75) is 12.5 Å². The van der Waals surface area contributed by atoms with Gasteiger partial charge in [0.1, 0.15) is 0 Å². The number of nitrogens with one attached hydrogen (secondary N) is 2. The maximum Gasteiger partial charge on any atom is 0.251 e. The van der Waals surface area contributed by atoms with Gasteiger partial charge in [-0.2, -0.15) is 0 Å². The van der Waals surface area contributed by atoms with Gasteiger partial charge in [-0.1, -0.05) is 41.9 Å². The molecule has 5 nitrogen and oxygen atoms in total. The highest BCUT2D eigenvalue weighted by Gasteiger charge is 2.15. The topological polar surface area (TPSA) is 61.4 Å². The van der Waals surface area contributed by atoms with Crippen LogP contribution in [0.25, 0.3) is 0 Å². The van der Waals surface area contributed by atoms with Crippen LogP contribution in [0.3, 0.4) is 0 Å². The van der Waals surface area contributed by atoms with Crippen molar-refractivity contribution in [2.75, 3.05) is 27.2 Å². The van der Waals surface area contributed by atoms with E-state index in [0.717, 1.165) is 5.56 Å². The van der Waals surface area contributed by atoms with Gasteiger partial charge < -0.3 is 15.5 Å². The second-order valence-corrected chi connectivity index (χ2v) is 6.64. The molecule has 0 aliphatic heterocycles. The van der Waals surface area contributed by atoms with Gasteiger partial charge >= 0.3 is 0 Å². The van der Waals surface area contributed by atoms with Crippen LogP contribution in [-0.2, 0) is 4.79 Å². The van der Waals surface area contributed by atoms with Crippen LogP contribution in [0, 0.1) is 0 Å². The van der Waals surface area contributed by atoms with E-state index in [-0.39, 0.29) is 30.8 Å². The Hall–Kier alpha value is -2.37. The molecule has 2 rings (SSSR count). The van der Waals surface area contributed by atoms with Crippen LogP contribution in [0.4, 0.5) is 0 Å². The van der Waals surface area contributed by atoms with Crippen molar-refractivity contribution in [2.24, 2.45) is 0 Å². The van der Waals surface area contributed by atoms with Gasteiger partial charge in [0.15, 0.2) is 0 Å². The number of rotatable bonds is 8. The number of amides is 2. The largest absolute Gasteiger partial charge is 0.354 e. The molecular weight excluding hydrogens is 350 g/mol. The van der Waals surface area contributed by atoms with Gasteiger partial charge in [0.2, 0.25) is 5.91 Å². The van der Waals surface area contributed by atoms with Crippen LogP contribution in [0.1, 0.15) is 28.4 Å². The average molecular weight is 374 g/mol. The molecule has 1 atom stereocenters. The van der Waals surface area contributed by atoms with E-state index < -0.39 is 0 Å². The molecule has 0 spiro atoms. The van der Waals surface area contributed by atoms with Crippen molar-refractivity contribution >= 4 is 23.4 Å². The molecule has 0 aromatic heterocycles. The third kappa shape index (κ3) is 6.17. The Morgan fingerprint density at radius 1 is 1.00 bits per heavy atom. The number of carbonyl (C=O) groups excluding carboxylic acids is 2. The Morgan fingerprint density at radius 2 is 1.65 bits per heavy atom. The molecule has 0 unspecified atom stereocenters. The van der Waals surface area contributed by atoms with E-state index in [1.165, 1.54) is 0 Å². The van der Waals surface area contributed by atoms with E-state index in [9.17, 15) is 9.59 Å². The zero-order chi connectivity index (χ0) is 18.9. The lowest BCUT2D eigenvalue weighted by molar-refractivity contribution is -0.121. The number of nitrogens with zero attached hydrogens (tertiary/aromatic N) is 1. The molecule has 0 saturated heterocycles. The summed E-state index contributed by atoms with van der Waals surface area (Å²) in [6.07, 6.45) is 0.230. The summed E-state index contributed by atoms with van der Waals surface area (Å²) in [7, 11) is 3.96. The van der Waals surface area contributed by atoms with Crippen molar-refractivity contribution in [3.63, 3.8) is 0 Å². The Balaban J connectivity index is 1.76. The maximum atomic E-state index is 12.1. The van der Waals surface area contributed by atoms with Crippen molar-refractivity contribution in [1.29, 1.82) is 0 Å². The molecule has 0 fully saturated rings. The van der Waals surface area contributed by atoms with E-state index in [1.54, 1.807) is 24.3 Å². The van der Waals surface area contributed by atoms with Gasteiger partial charge in [-0.3, -0.25) is 9.59 Å². The smallest absolute Gasteiger partial charge is 0.251 e.